The molecule has 29 heavy (non-hydrogen) atoms. The van der Waals surface area contributed by atoms with E-state index in [9.17, 15) is 0 Å². The van der Waals surface area contributed by atoms with Crippen molar-refractivity contribution in [1.29, 1.82) is 0 Å². The van der Waals surface area contributed by atoms with Crippen LogP contribution in [0, 0.1) is 11.8 Å². The molecular weight excluding hydrogens is 360 g/mol. The van der Waals surface area contributed by atoms with E-state index in [0.29, 0.717) is 6.42 Å². The summed E-state index contributed by atoms with van der Waals surface area (Å²) >= 11 is 0. The van der Waals surface area contributed by atoms with Crippen molar-refractivity contribution in [3.8, 4) is 34.4 Å². The minimum Gasteiger partial charge on any atom is -0.395 e. The van der Waals surface area contributed by atoms with Crippen molar-refractivity contribution >= 4 is 0 Å². The third kappa shape index (κ3) is 4.45. The molecule has 2 aromatic carbocycles. The largest absolute Gasteiger partial charge is 0.395 e. The van der Waals surface area contributed by atoms with E-state index in [1.165, 1.54) is 0 Å². The highest BCUT2D eigenvalue weighted by Gasteiger charge is 2.15. The predicted molar refractivity (Wildman–Crippen MR) is 114 cm³/mol. The van der Waals surface area contributed by atoms with Gasteiger partial charge >= 0.3 is 0 Å². The van der Waals surface area contributed by atoms with Gasteiger partial charge in [0.05, 0.1) is 30.6 Å². The summed E-state index contributed by atoms with van der Waals surface area (Å²) in [5.41, 5.74) is 5.19. The van der Waals surface area contributed by atoms with E-state index < -0.39 is 0 Å². The van der Waals surface area contributed by atoms with Crippen LogP contribution in [-0.2, 0) is 13.1 Å². The van der Waals surface area contributed by atoms with E-state index >= 15 is 0 Å². The lowest BCUT2D eigenvalue weighted by atomic mass is 10.0. The Morgan fingerprint density at radius 2 is 1.72 bits per heavy atom. The smallest absolute Gasteiger partial charge is 0.0963 e. The highest BCUT2D eigenvalue weighted by Crippen LogP contribution is 2.31. The van der Waals surface area contributed by atoms with Crippen LogP contribution in [0.15, 0.2) is 79.6 Å². The molecule has 0 fully saturated rings. The van der Waals surface area contributed by atoms with Gasteiger partial charge in [0.2, 0.25) is 0 Å². The van der Waals surface area contributed by atoms with Crippen LogP contribution in [0.2, 0.25) is 0 Å². The number of imidazole rings is 2. The third-order valence-electron chi connectivity index (χ3n) is 4.67. The molecule has 5 nitrogen and oxygen atoms in total. The van der Waals surface area contributed by atoms with Crippen LogP contribution in [0.5, 0.6) is 0 Å². The van der Waals surface area contributed by atoms with Crippen LogP contribution < -0.4 is 0 Å². The van der Waals surface area contributed by atoms with E-state index in [2.05, 4.69) is 50.2 Å². The van der Waals surface area contributed by atoms with Crippen LogP contribution in [0.1, 0.15) is 12.0 Å². The molecule has 0 aliphatic rings. The zero-order valence-corrected chi connectivity index (χ0v) is 16.1. The standard InChI is InChI=1S/C24H22N4O/c29-17-5-4-6-20-9-11-22(12-10-20)24-23(21-7-2-1-3-8-21)26-19-28(24)16-15-27-14-13-25-18-27/h1-3,7-14,18-19,29H,5,15-17H2. The lowest BCUT2D eigenvalue weighted by molar-refractivity contribution is 0.305. The number of nitrogens with zero attached hydrogens (tertiary/aromatic N) is 4. The average molecular weight is 382 g/mol. The van der Waals surface area contributed by atoms with Gasteiger partial charge in [-0.15, -0.1) is 0 Å². The first-order valence-electron chi connectivity index (χ1n) is 9.61. The minimum absolute atomic E-state index is 0.0849. The number of aryl methyl sites for hydroxylation is 2. The second-order valence-electron chi connectivity index (χ2n) is 6.65. The molecule has 2 aromatic heterocycles. The van der Waals surface area contributed by atoms with Gasteiger partial charge < -0.3 is 14.2 Å². The summed E-state index contributed by atoms with van der Waals surface area (Å²) in [7, 11) is 0. The maximum atomic E-state index is 8.88. The fraction of sp³-hybridized carbons (Fsp3) is 0.167. The average Bonchev–Trinajstić information content (AvgIpc) is 3.43. The number of aliphatic hydroxyl groups is 1. The Morgan fingerprint density at radius 1 is 0.897 bits per heavy atom. The monoisotopic (exact) mass is 382 g/mol. The molecule has 4 rings (SSSR count). The fourth-order valence-electron chi connectivity index (χ4n) is 3.24. The van der Waals surface area contributed by atoms with Crippen LogP contribution in [-0.4, -0.2) is 30.8 Å². The van der Waals surface area contributed by atoms with Gasteiger partial charge in [0.1, 0.15) is 0 Å². The number of hydrogen-bond acceptors (Lipinski definition) is 3. The summed E-state index contributed by atoms with van der Waals surface area (Å²) in [5, 5.41) is 8.88. The summed E-state index contributed by atoms with van der Waals surface area (Å²) < 4.78 is 4.25. The van der Waals surface area contributed by atoms with Crippen molar-refractivity contribution in [2.45, 2.75) is 19.5 Å². The first-order chi connectivity index (χ1) is 14.3. The Kier molecular flexibility index (Phi) is 5.84. The van der Waals surface area contributed by atoms with Crippen LogP contribution in [0.3, 0.4) is 0 Å². The van der Waals surface area contributed by atoms with Crippen molar-refractivity contribution in [3.05, 3.63) is 85.2 Å². The molecule has 0 unspecified atom stereocenters. The Bertz CT molecular complexity index is 1100. The van der Waals surface area contributed by atoms with E-state index in [4.69, 9.17) is 10.1 Å². The van der Waals surface area contributed by atoms with E-state index in [1.54, 1.807) is 6.20 Å². The van der Waals surface area contributed by atoms with Crippen molar-refractivity contribution in [2.75, 3.05) is 6.61 Å². The molecule has 2 heterocycles. The van der Waals surface area contributed by atoms with Gasteiger partial charge in [0, 0.05) is 48.6 Å². The molecule has 0 saturated heterocycles. The van der Waals surface area contributed by atoms with Gasteiger partial charge in [0.25, 0.3) is 0 Å². The molecule has 0 saturated carbocycles. The highest BCUT2D eigenvalue weighted by atomic mass is 16.2. The van der Waals surface area contributed by atoms with Gasteiger partial charge in [-0.1, -0.05) is 54.3 Å². The summed E-state index contributed by atoms with van der Waals surface area (Å²) in [6.45, 7) is 1.70. The number of benzene rings is 2. The van der Waals surface area contributed by atoms with Crippen LogP contribution in [0.25, 0.3) is 22.5 Å². The van der Waals surface area contributed by atoms with Crippen molar-refractivity contribution in [3.63, 3.8) is 0 Å². The molecule has 4 aromatic rings. The number of rotatable bonds is 6. The molecule has 0 radical (unpaired) electrons. The zero-order chi connectivity index (χ0) is 19.9. The third-order valence-corrected chi connectivity index (χ3v) is 4.67. The molecule has 0 aliphatic heterocycles. The molecule has 0 spiro atoms. The van der Waals surface area contributed by atoms with Gasteiger partial charge in [-0.2, -0.15) is 0 Å². The van der Waals surface area contributed by atoms with E-state index in [0.717, 1.165) is 41.2 Å². The maximum absolute atomic E-state index is 8.88. The zero-order valence-electron chi connectivity index (χ0n) is 16.1. The second kappa shape index (κ2) is 9.05. The van der Waals surface area contributed by atoms with Gasteiger partial charge in [-0.25, -0.2) is 9.97 Å². The molecule has 0 amide bonds. The highest BCUT2D eigenvalue weighted by molar-refractivity contribution is 5.78. The summed E-state index contributed by atoms with van der Waals surface area (Å²) in [4.78, 5) is 8.85. The molecule has 144 valence electrons. The molecule has 0 bridgehead atoms. The SMILES string of the molecule is OCCC#Cc1ccc(-c2c(-c3ccccc3)ncn2CCn2ccnc2)cc1. The molecule has 1 N–H and O–H groups in total. The van der Waals surface area contributed by atoms with Crippen molar-refractivity contribution in [2.24, 2.45) is 0 Å². The Labute approximate surface area is 170 Å². The first kappa shape index (κ1) is 18.7. The number of aromatic nitrogens is 4. The summed E-state index contributed by atoms with van der Waals surface area (Å²) in [5.74, 6) is 6.04. The fourth-order valence-corrected chi connectivity index (χ4v) is 3.24. The van der Waals surface area contributed by atoms with E-state index in [-0.39, 0.29) is 6.61 Å². The molecular formula is C24H22N4O. The summed E-state index contributed by atoms with van der Waals surface area (Å²) in [6, 6.07) is 18.4. The lowest BCUT2D eigenvalue weighted by Gasteiger charge is -2.11. The predicted octanol–water partition coefficient (Wildman–Crippen LogP) is 3.85. The summed E-state index contributed by atoms with van der Waals surface area (Å²) in [6.07, 6.45) is 7.98. The van der Waals surface area contributed by atoms with Crippen molar-refractivity contribution < 1.29 is 5.11 Å². The molecule has 0 atom stereocenters. The van der Waals surface area contributed by atoms with Gasteiger partial charge in [-0.05, 0) is 12.1 Å². The van der Waals surface area contributed by atoms with Crippen LogP contribution in [0.4, 0.5) is 0 Å². The van der Waals surface area contributed by atoms with Crippen molar-refractivity contribution in [1.82, 2.24) is 19.1 Å². The Morgan fingerprint density at radius 3 is 2.45 bits per heavy atom. The minimum atomic E-state index is 0.0849. The van der Waals surface area contributed by atoms with Gasteiger partial charge in [0.15, 0.2) is 0 Å². The normalized spacial score (nSPS) is 10.5. The van der Waals surface area contributed by atoms with E-state index in [1.807, 2.05) is 49.2 Å². The lowest BCUT2D eigenvalue weighted by Crippen LogP contribution is -2.06. The topological polar surface area (TPSA) is 55.9 Å². The quantitative estimate of drug-likeness (QED) is 0.516. The number of hydrogen-bond donors (Lipinski definition) is 1. The Hall–Kier alpha value is -3.62. The Balaban J connectivity index is 1.69. The van der Waals surface area contributed by atoms with Gasteiger partial charge in [-0.3, -0.25) is 0 Å². The number of aliphatic hydroxyl groups excluding tert-OH is 1. The first-order valence-corrected chi connectivity index (χ1v) is 9.61. The molecule has 0 aliphatic carbocycles. The molecule has 5 heteroatoms. The maximum Gasteiger partial charge on any atom is 0.0963 e. The van der Waals surface area contributed by atoms with Crippen LogP contribution >= 0.6 is 0 Å². The second-order valence-corrected chi connectivity index (χ2v) is 6.65.